The van der Waals surface area contributed by atoms with E-state index in [0.717, 1.165) is 31.4 Å². The maximum atomic E-state index is 12.4. The molecule has 1 aliphatic rings. The standard InChI is InChI=1S/C13H22N4O2/c1-2-3-6-17(7-8-18)13(19)12-10(14)11(15-16-12)9-4-5-9/h9,18H,2-8,14H2,1H3,(H,15,16). The molecular weight excluding hydrogens is 244 g/mol. The number of carbonyl (C=O) groups excluding carboxylic acids is 1. The normalized spacial score (nSPS) is 14.6. The van der Waals surface area contributed by atoms with Gasteiger partial charge in [-0.2, -0.15) is 5.10 Å². The summed E-state index contributed by atoms with van der Waals surface area (Å²) in [4.78, 5) is 14.0. The Hall–Kier alpha value is -1.56. The molecule has 0 aliphatic heterocycles. The molecule has 0 spiro atoms. The van der Waals surface area contributed by atoms with Crippen LogP contribution in [-0.4, -0.2) is 45.8 Å². The third-order valence-electron chi connectivity index (χ3n) is 3.46. The number of unbranched alkanes of at least 4 members (excludes halogenated alkanes) is 1. The molecule has 0 saturated heterocycles. The lowest BCUT2D eigenvalue weighted by molar-refractivity contribution is 0.0714. The summed E-state index contributed by atoms with van der Waals surface area (Å²) in [6.07, 6.45) is 4.12. The van der Waals surface area contributed by atoms with E-state index >= 15 is 0 Å². The van der Waals surface area contributed by atoms with Crippen LogP contribution in [0.15, 0.2) is 0 Å². The Morgan fingerprint density at radius 2 is 2.26 bits per heavy atom. The van der Waals surface area contributed by atoms with E-state index in [1.54, 1.807) is 4.90 Å². The van der Waals surface area contributed by atoms with E-state index in [1.807, 2.05) is 0 Å². The van der Waals surface area contributed by atoms with Gasteiger partial charge in [-0.05, 0) is 19.3 Å². The molecule has 106 valence electrons. The summed E-state index contributed by atoms with van der Waals surface area (Å²) in [6.45, 7) is 2.97. The first-order valence-electron chi connectivity index (χ1n) is 6.92. The van der Waals surface area contributed by atoms with E-state index in [9.17, 15) is 4.79 Å². The Morgan fingerprint density at radius 3 is 2.84 bits per heavy atom. The van der Waals surface area contributed by atoms with Gasteiger partial charge in [0.2, 0.25) is 0 Å². The lowest BCUT2D eigenvalue weighted by Gasteiger charge is -2.20. The second-order valence-corrected chi connectivity index (χ2v) is 5.04. The summed E-state index contributed by atoms with van der Waals surface area (Å²) >= 11 is 0. The number of nitrogen functional groups attached to an aromatic ring is 1. The van der Waals surface area contributed by atoms with Crippen LogP contribution in [0.2, 0.25) is 0 Å². The fraction of sp³-hybridized carbons (Fsp3) is 0.692. The molecular formula is C13H22N4O2. The molecule has 4 N–H and O–H groups in total. The highest BCUT2D eigenvalue weighted by Crippen LogP contribution is 2.42. The van der Waals surface area contributed by atoms with Crippen molar-refractivity contribution in [2.24, 2.45) is 0 Å². The Morgan fingerprint density at radius 1 is 1.53 bits per heavy atom. The molecule has 1 aliphatic carbocycles. The average Bonchev–Trinajstić information content (AvgIpc) is 3.17. The molecule has 0 atom stereocenters. The minimum Gasteiger partial charge on any atom is -0.395 e. The number of aromatic amines is 1. The van der Waals surface area contributed by atoms with Gasteiger partial charge < -0.3 is 15.7 Å². The van der Waals surface area contributed by atoms with Crippen LogP contribution in [0, 0.1) is 0 Å². The van der Waals surface area contributed by atoms with E-state index in [4.69, 9.17) is 10.8 Å². The first kappa shape index (κ1) is 13.9. The zero-order valence-electron chi connectivity index (χ0n) is 11.4. The number of rotatable bonds is 7. The van der Waals surface area contributed by atoms with Crippen molar-refractivity contribution in [3.63, 3.8) is 0 Å². The van der Waals surface area contributed by atoms with Crippen LogP contribution in [0.3, 0.4) is 0 Å². The third kappa shape index (κ3) is 3.07. The zero-order chi connectivity index (χ0) is 13.8. The van der Waals surface area contributed by atoms with Crippen molar-refractivity contribution < 1.29 is 9.90 Å². The highest BCUT2D eigenvalue weighted by Gasteiger charge is 2.31. The Kier molecular flexibility index (Phi) is 4.42. The number of anilines is 1. The van der Waals surface area contributed by atoms with Crippen LogP contribution in [0.4, 0.5) is 5.69 Å². The molecule has 6 heteroatoms. The topological polar surface area (TPSA) is 95.2 Å². The van der Waals surface area contributed by atoms with E-state index in [-0.39, 0.29) is 12.5 Å². The summed E-state index contributed by atoms with van der Waals surface area (Å²) in [6, 6.07) is 0. The number of nitrogens with zero attached hydrogens (tertiary/aromatic N) is 2. The Labute approximate surface area is 113 Å². The SMILES string of the molecule is CCCCN(CCO)C(=O)c1n[nH]c(C2CC2)c1N. The second kappa shape index (κ2) is 6.06. The molecule has 0 aromatic carbocycles. The third-order valence-corrected chi connectivity index (χ3v) is 3.46. The molecule has 1 aromatic heterocycles. The van der Waals surface area contributed by atoms with Crippen LogP contribution < -0.4 is 5.73 Å². The van der Waals surface area contributed by atoms with Crippen LogP contribution in [-0.2, 0) is 0 Å². The number of nitrogens with two attached hydrogens (primary N) is 1. The monoisotopic (exact) mass is 266 g/mol. The van der Waals surface area contributed by atoms with E-state index < -0.39 is 0 Å². The molecule has 0 unspecified atom stereocenters. The summed E-state index contributed by atoms with van der Waals surface area (Å²) < 4.78 is 0. The van der Waals surface area contributed by atoms with Crippen molar-refractivity contribution in [1.82, 2.24) is 15.1 Å². The number of hydrogen-bond acceptors (Lipinski definition) is 4. The van der Waals surface area contributed by atoms with Gasteiger partial charge in [-0.1, -0.05) is 13.3 Å². The molecule has 1 amide bonds. The van der Waals surface area contributed by atoms with Gasteiger partial charge in [-0.3, -0.25) is 9.89 Å². The lowest BCUT2D eigenvalue weighted by atomic mass is 10.2. The van der Waals surface area contributed by atoms with Gasteiger partial charge in [0.15, 0.2) is 5.69 Å². The van der Waals surface area contributed by atoms with E-state index in [0.29, 0.717) is 30.4 Å². The Bertz CT molecular complexity index is 440. The minimum absolute atomic E-state index is 0.0464. The van der Waals surface area contributed by atoms with Crippen LogP contribution in [0.1, 0.15) is 54.7 Å². The van der Waals surface area contributed by atoms with Gasteiger partial charge >= 0.3 is 0 Å². The fourth-order valence-electron chi connectivity index (χ4n) is 2.14. The van der Waals surface area contributed by atoms with Crippen molar-refractivity contribution in [1.29, 1.82) is 0 Å². The summed E-state index contributed by atoms with van der Waals surface area (Å²) in [7, 11) is 0. The minimum atomic E-state index is -0.192. The molecule has 0 bridgehead atoms. The number of aliphatic hydroxyl groups is 1. The molecule has 1 heterocycles. The molecule has 1 fully saturated rings. The highest BCUT2D eigenvalue weighted by molar-refractivity contribution is 5.97. The van der Waals surface area contributed by atoms with Crippen molar-refractivity contribution in [2.45, 2.75) is 38.5 Å². The van der Waals surface area contributed by atoms with Crippen LogP contribution in [0.5, 0.6) is 0 Å². The number of aromatic nitrogens is 2. The lowest BCUT2D eigenvalue weighted by Crippen LogP contribution is -2.35. The quantitative estimate of drug-likeness (QED) is 0.688. The predicted octanol–water partition coefficient (Wildman–Crippen LogP) is 1.10. The maximum absolute atomic E-state index is 12.4. The van der Waals surface area contributed by atoms with E-state index in [2.05, 4.69) is 17.1 Å². The smallest absolute Gasteiger partial charge is 0.276 e. The Balaban J connectivity index is 2.11. The number of amides is 1. The second-order valence-electron chi connectivity index (χ2n) is 5.04. The first-order valence-corrected chi connectivity index (χ1v) is 6.92. The van der Waals surface area contributed by atoms with Gasteiger partial charge in [0.05, 0.1) is 18.0 Å². The van der Waals surface area contributed by atoms with Gasteiger partial charge in [0.25, 0.3) is 5.91 Å². The zero-order valence-corrected chi connectivity index (χ0v) is 11.4. The highest BCUT2D eigenvalue weighted by atomic mass is 16.3. The number of H-pyrrole nitrogens is 1. The summed E-state index contributed by atoms with van der Waals surface area (Å²) in [5.41, 5.74) is 7.67. The summed E-state index contributed by atoms with van der Waals surface area (Å²) in [5, 5.41) is 16.0. The number of nitrogens with one attached hydrogen (secondary N) is 1. The van der Waals surface area contributed by atoms with Crippen LogP contribution in [0.25, 0.3) is 0 Å². The first-order chi connectivity index (χ1) is 9.19. The van der Waals surface area contributed by atoms with E-state index in [1.165, 1.54) is 0 Å². The van der Waals surface area contributed by atoms with Gasteiger partial charge in [-0.15, -0.1) is 0 Å². The predicted molar refractivity (Wildman–Crippen MR) is 72.9 cm³/mol. The molecule has 1 saturated carbocycles. The average molecular weight is 266 g/mol. The molecule has 2 rings (SSSR count). The van der Waals surface area contributed by atoms with Crippen LogP contribution >= 0.6 is 0 Å². The van der Waals surface area contributed by atoms with Crippen molar-refractivity contribution in [3.8, 4) is 0 Å². The van der Waals surface area contributed by atoms with Gasteiger partial charge in [-0.25, -0.2) is 0 Å². The molecule has 19 heavy (non-hydrogen) atoms. The van der Waals surface area contributed by atoms with Crippen molar-refractivity contribution >= 4 is 11.6 Å². The molecule has 0 radical (unpaired) electrons. The summed E-state index contributed by atoms with van der Waals surface area (Å²) in [5.74, 6) is 0.249. The molecule has 1 aromatic rings. The van der Waals surface area contributed by atoms with Gasteiger partial charge in [0, 0.05) is 19.0 Å². The molecule has 6 nitrogen and oxygen atoms in total. The van der Waals surface area contributed by atoms with Crippen molar-refractivity contribution in [3.05, 3.63) is 11.4 Å². The van der Waals surface area contributed by atoms with Crippen molar-refractivity contribution in [2.75, 3.05) is 25.4 Å². The van der Waals surface area contributed by atoms with Gasteiger partial charge in [0.1, 0.15) is 0 Å². The largest absolute Gasteiger partial charge is 0.395 e. The number of hydrogen-bond donors (Lipinski definition) is 3. The number of aliphatic hydroxyl groups excluding tert-OH is 1. The maximum Gasteiger partial charge on any atom is 0.276 e. The fourth-order valence-corrected chi connectivity index (χ4v) is 2.14. The number of carbonyl (C=O) groups is 1.